The SMILES string of the molecule is CN1CCN(C(=N)CC(N)=NC2C=C(C(C)(C)C)ON2)CC1. The van der Waals surface area contributed by atoms with Gasteiger partial charge in [0.1, 0.15) is 17.4 Å². The minimum atomic E-state index is -0.269. The predicted molar refractivity (Wildman–Crippen MR) is 88.6 cm³/mol. The van der Waals surface area contributed by atoms with Crippen LogP contribution in [0, 0.1) is 10.8 Å². The third-order valence-electron chi connectivity index (χ3n) is 3.88. The maximum Gasteiger partial charge on any atom is 0.156 e. The molecule has 124 valence electrons. The second-order valence-corrected chi connectivity index (χ2v) is 6.98. The molecule has 0 bridgehead atoms. The fourth-order valence-corrected chi connectivity index (χ4v) is 2.39. The van der Waals surface area contributed by atoms with E-state index in [-0.39, 0.29) is 11.6 Å². The zero-order valence-corrected chi connectivity index (χ0v) is 14.0. The summed E-state index contributed by atoms with van der Waals surface area (Å²) in [5, 5.41) is 8.17. The van der Waals surface area contributed by atoms with Crippen LogP contribution in [0.2, 0.25) is 0 Å². The maximum atomic E-state index is 8.17. The Balaban J connectivity index is 1.88. The van der Waals surface area contributed by atoms with Crippen molar-refractivity contribution in [1.82, 2.24) is 15.3 Å². The van der Waals surface area contributed by atoms with E-state index in [1.807, 2.05) is 6.08 Å². The minimum absolute atomic E-state index is 0.0570. The number of nitrogens with zero attached hydrogens (tertiary/aromatic N) is 3. The van der Waals surface area contributed by atoms with Crippen molar-refractivity contribution in [2.75, 3.05) is 33.2 Å². The van der Waals surface area contributed by atoms with Crippen molar-refractivity contribution < 1.29 is 4.84 Å². The summed E-state index contributed by atoms with van der Waals surface area (Å²) in [5.74, 6) is 1.85. The number of amidine groups is 2. The van der Waals surface area contributed by atoms with Crippen molar-refractivity contribution in [3.05, 3.63) is 11.8 Å². The van der Waals surface area contributed by atoms with Crippen molar-refractivity contribution in [3.8, 4) is 0 Å². The number of hydroxylamine groups is 1. The normalized spacial score (nSPS) is 24.2. The van der Waals surface area contributed by atoms with E-state index in [1.54, 1.807) is 0 Å². The fourth-order valence-electron chi connectivity index (χ4n) is 2.39. The van der Waals surface area contributed by atoms with Gasteiger partial charge in [0.05, 0.1) is 6.42 Å². The molecular weight excluding hydrogens is 280 g/mol. The number of hydrogen-bond acceptors (Lipinski definition) is 5. The number of aliphatic imine (C=N–C) groups is 1. The van der Waals surface area contributed by atoms with Crippen molar-refractivity contribution in [2.24, 2.45) is 16.1 Å². The van der Waals surface area contributed by atoms with Crippen molar-refractivity contribution in [1.29, 1.82) is 5.41 Å². The molecule has 0 spiro atoms. The summed E-state index contributed by atoms with van der Waals surface area (Å²) < 4.78 is 0. The highest BCUT2D eigenvalue weighted by atomic mass is 16.7. The van der Waals surface area contributed by atoms with Gasteiger partial charge in [-0.05, 0) is 13.1 Å². The molecule has 0 saturated carbocycles. The lowest BCUT2D eigenvalue weighted by atomic mass is 9.94. The second kappa shape index (κ2) is 6.66. The van der Waals surface area contributed by atoms with Crippen LogP contribution in [0.15, 0.2) is 16.8 Å². The zero-order valence-electron chi connectivity index (χ0n) is 14.0. The molecule has 7 nitrogen and oxygen atoms in total. The van der Waals surface area contributed by atoms with Crippen LogP contribution in [-0.2, 0) is 4.84 Å². The van der Waals surface area contributed by atoms with Crippen LogP contribution in [0.3, 0.4) is 0 Å². The minimum Gasteiger partial charge on any atom is -0.410 e. The van der Waals surface area contributed by atoms with Gasteiger partial charge in [-0.15, -0.1) is 5.48 Å². The van der Waals surface area contributed by atoms with Crippen LogP contribution in [0.25, 0.3) is 0 Å². The molecule has 0 aromatic rings. The van der Waals surface area contributed by atoms with Crippen molar-refractivity contribution >= 4 is 11.7 Å². The van der Waals surface area contributed by atoms with E-state index in [0.29, 0.717) is 18.1 Å². The van der Waals surface area contributed by atoms with Crippen LogP contribution in [-0.4, -0.2) is 60.9 Å². The topological polar surface area (TPSA) is 90.0 Å². The summed E-state index contributed by atoms with van der Waals surface area (Å²) >= 11 is 0. The monoisotopic (exact) mass is 308 g/mol. The van der Waals surface area contributed by atoms with Gasteiger partial charge in [-0.2, -0.15) is 0 Å². The summed E-state index contributed by atoms with van der Waals surface area (Å²) in [6, 6.07) is 0. The van der Waals surface area contributed by atoms with Crippen LogP contribution in [0.1, 0.15) is 27.2 Å². The van der Waals surface area contributed by atoms with Crippen LogP contribution in [0.4, 0.5) is 0 Å². The third-order valence-corrected chi connectivity index (χ3v) is 3.88. The van der Waals surface area contributed by atoms with E-state index in [0.717, 1.165) is 31.9 Å². The first kappa shape index (κ1) is 16.8. The van der Waals surface area contributed by atoms with Gasteiger partial charge in [-0.1, -0.05) is 20.8 Å². The molecule has 1 atom stereocenters. The Labute approximate surface area is 132 Å². The standard InChI is InChI=1S/C15H28N6O/c1-15(2,3)11-9-14(19-22-11)18-12(16)10-13(17)21-7-5-20(4)6-8-21/h9,14,17,19H,5-8,10H2,1-4H3,(H2,16,18). The molecule has 2 heterocycles. The molecule has 1 fully saturated rings. The highest BCUT2D eigenvalue weighted by Crippen LogP contribution is 2.28. The van der Waals surface area contributed by atoms with Crippen LogP contribution in [0.5, 0.6) is 0 Å². The van der Waals surface area contributed by atoms with Crippen molar-refractivity contribution in [2.45, 2.75) is 33.4 Å². The number of nitrogens with two attached hydrogens (primary N) is 1. The molecule has 22 heavy (non-hydrogen) atoms. The molecule has 2 aliphatic rings. The van der Waals surface area contributed by atoms with Crippen LogP contribution >= 0.6 is 0 Å². The Kier molecular flexibility index (Phi) is 5.08. The highest BCUT2D eigenvalue weighted by Gasteiger charge is 2.26. The Hall–Kier alpha value is -1.60. The van der Waals surface area contributed by atoms with Gasteiger partial charge in [0, 0.05) is 31.6 Å². The molecule has 0 aromatic carbocycles. The summed E-state index contributed by atoms with van der Waals surface area (Å²) in [6.07, 6.45) is 2.04. The smallest absolute Gasteiger partial charge is 0.156 e. The molecule has 0 aromatic heterocycles. The summed E-state index contributed by atoms with van der Waals surface area (Å²) in [4.78, 5) is 14.2. The molecule has 2 rings (SSSR count). The molecular formula is C15H28N6O. The molecule has 1 saturated heterocycles. The summed E-state index contributed by atoms with van der Waals surface area (Å²) in [7, 11) is 2.10. The first-order chi connectivity index (χ1) is 10.3. The second-order valence-electron chi connectivity index (χ2n) is 6.98. The Morgan fingerprint density at radius 1 is 1.41 bits per heavy atom. The van der Waals surface area contributed by atoms with Gasteiger partial charge in [0.25, 0.3) is 0 Å². The first-order valence-electron chi connectivity index (χ1n) is 7.73. The van der Waals surface area contributed by atoms with Crippen LogP contribution < -0.4 is 11.2 Å². The number of allylic oxidation sites excluding steroid dienone is 1. The van der Waals surface area contributed by atoms with E-state index in [2.05, 4.69) is 48.1 Å². The van der Waals surface area contributed by atoms with E-state index < -0.39 is 0 Å². The average molecular weight is 308 g/mol. The number of nitrogens with one attached hydrogen (secondary N) is 2. The molecule has 0 aliphatic carbocycles. The molecule has 7 heteroatoms. The maximum absolute atomic E-state index is 8.17. The third kappa shape index (κ3) is 4.45. The van der Waals surface area contributed by atoms with Gasteiger partial charge in [0.2, 0.25) is 0 Å². The Morgan fingerprint density at radius 2 is 2.05 bits per heavy atom. The zero-order chi connectivity index (χ0) is 16.3. The molecule has 2 aliphatic heterocycles. The Bertz CT molecular complexity index is 471. The number of rotatable bonds is 3. The predicted octanol–water partition coefficient (Wildman–Crippen LogP) is 0.749. The summed E-state index contributed by atoms with van der Waals surface area (Å²) in [5.41, 5.74) is 8.79. The fraction of sp³-hybridized carbons (Fsp3) is 0.733. The van der Waals surface area contributed by atoms with E-state index >= 15 is 0 Å². The largest absolute Gasteiger partial charge is 0.410 e. The lowest BCUT2D eigenvalue weighted by molar-refractivity contribution is 0.0809. The van der Waals surface area contributed by atoms with Gasteiger partial charge in [-0.25, -0.2) is 4.99 Å². The molecule has 0 radical (unpaired) electrons. The lowest BCUT2D eigenvalue weighted by Gasteiger charge is -2.34. The van der Waals surface area contributed by atoms with Gasteiger partial charge >= 0.3 is 0 Å². The number of hydrogen-bond donors (Lipinski definition) is 3. The number of likely N-dealkylation sites (N-methyl/N-ethyl adjacent to an activating group) is 1. The molecule has 1 unspecified atom stereocenters. The van der Waals surface area contributed by atoms with Gasteiger partial charge in [0.15, 0.2) is 6.17 Å². The first-order valence-corrected chi connectivity index (χ1v) is 7.73. The summed E-state index contributed by atoms with van der Waals surface area (Å²) in [6.45, 7) is 9.96. The van der Waals surface area contributed by atoms with E-state index in [1.165, 1.54) is 0 Å². The van der Waals surface area contributed by atoms with E-state index in [9.17, 15) is 0 Å². The van der Waals surface area contributed by atoms with Gasteiger partial charge < -0.3 is 20.4 Å². The molecule has 0 amide bonds. The Morgan fingerprint density at radius 3 is 2.59 bits per heavy atom. The van der Waals surface area contributed by atoms with Crippen molar-refractivity contribution in [3.63, 3.8) is 0 Å². The molecule has 4 N–H and O–H groups in total. The average Bonchev–Trinajstić information content (AvgIpc) is 2.87. The quantitative estimate of drug-likeness (QED) is 0.529. The van der Waals surface area contributed by atoms with Gasteiger partial charge in [-0.3, -0.25) is 5.41 Å². The number of piperazine rings is 1. The lowest BCUT2D eigenvalue weighted by Crippen LogP contribution is -2.47. The highest BCUT2D eigenvalue weighted by molar-refractivity contribution is 6.00. The van der Waals surface area contributed by atoms with E-state index in [4.69, 9.17) is 16.0 Å².